The quantitative estimate of drug-likeness (QED) is 0.621. The summed E-state index contributed by atoms with van der Waals surface area (Å²) in [6, 6.07) is 13.4. The lowest BCUT2D eigenvalue weighted by molar-refractivity contribution is 0.0698. The van der Waals surface area contributed by atoms with E-state index in [1.54, 1.807) is 54.3 Å². The number of ether oxygens (including phenoxy) is 1. The van der Waals surface area contributed by atoms with E-state index >= 15 is 0 Å². The zero-order valence-corrected chi connectivity index (χ0v) is 18.8. The number of nitrogens with one attached hydrogen (secondary N) is 1. The first-order valence-electron chi connectivity index (χ1n) is 11.1. The molecule has 0 atom stereocenters. The molecular weight excluding hydrogens is 423 g/mol. The average Bonchev–Trinajstić information content (AvgIpc) is 3.21. The lowest BCUT2D eigenvalue weighted by atomic mass is 10.0. The standard InChI is InChI=1S/C25H27FN4O3/c1-3-33-20-10-8-18(9-11-20)25(32)29-14-12-19(13-15-29)28-24(31)21-16-27-30(17(21)2)23-7-5-4-6-22(23)26/h4-11,16,19H,3,12-15H2,1-2H3,(H,28,31). The first-order valence-corrected chi connectivity index (χ1v) is 11.1. The molecule has 4 rings (SSSR count). The third-order valence-electron chi connectivity index (χ3n) is 5.86. The Morgan fingerprint density at radius 2 is 1.82 bits per heavy atom. The van der Waals surface area contributed by atoms with E-state index in [1.165, 1.54) is 16.9 Å². The first-order chi connectivity index (χ1) is 16.0. The molecule has 1 aliphatic rings. The van der Waals surface area contributed by atoms with E-state index in [-0.39, 0.29) is 17.9 Å². The molecule has 1 N–H and O–H groups in total. The van der Waals surface area contributed by atoms with Gasteiger partial charge in [0, 0.05) is 24.7 Å². The molecule has 1 fully saturated rings. The van der Waals surface area contributed by atoms with Crippen LogP contribution in [0.4, 0.5) is 4.39 Å². The third-order valence-corrected chi connectivity index (χ3v) is 5.86. The van der Waals surface area contributed by atoms with Crippen molar-refractivity contribution in [3.63, 3.8) is 0 Å². The van der Waals surface area contributed by atoms with E-state index in [0.29, 0.717) is 55.0 Å². The van der Waals surface area contributed by atoms with Gasteiger partial charge in [-0.25, -0.2) is 9.07 Å². The third kappa shape index (κ3) is 4.89. The number of carbonyl (C=O) groups excluding carboxylic acids is 2. The molecule has 33 heavy (non-hydrogen) atoms. The highest BCUT2D eigenvalue weighted by Crippen LogP contribution is 2.19. The van der Waals surface area contributed by atoms with Crippen molar-refractivity contribution in [1.82, 2.24) is 20.0 Å². The molecule has 0 bridgehead atoms. The molecule has 7 nitrogen and oxygen atoms in total. The van der Waals surface area contributed by atoms with Crippen LogP contribution in [0, 0.1) is 12.7 Å². The summed E-state index contributed by atoms with van der Waals surface area (Å²) in [4.78, 5) is 27.4. The van der Waals surface area contributed by atoms with Crippen molar-refractivity contribution < 1.29 is 18.7 Å². The summed E-state index contributed by atoms with van der Waals surface area (Å²) in [6.07, 6.45) is 2.78. The number of amides is 2. The van der Waals surface area contributed by atoms with E-state index in [9.17, 15) is 14.0 Å². The molecule has 1 aromatic heterocycles. The summed E-state index contributed by atoms with van der Waals surface area (Å²) in [5.41, 5.74) is 1.90. The molecule has 1 saturated heterocycles. The zero-order valence-electron chi connectivity index (χ0n) is 18.8. The van der Waals surface area contributed by atoms with Crippen molar-refractivity contribution in [2.75, 3.05) is 19.7 Å². The fourth-order valence-electron chi connectivity index (χ4n) is 4.03. The monoisotopic (exact) mass is 450 g/mol. The van der Waals surface area contributed by atoms with Crippen molar-refractivity contribution in [1.29, 1.82) is 0 Å². The maximum atomic E-state index is 14.1. The lowest BCUT2D eigenvalue weighted by Gasteiger charge is -2.32. The molecule has 172 valence electrons. The Hall–Kier alpha value is -3.68. The van der Waals surface area contributed by atoms with Gasteiger partial charge in [0.25, 0.3) is 11.8 Å². The average molecular weight is 451 g/mol. The molecule has 2 amide bonds. The summed E-state index contributed by atoms with van der Waals surface area (Å²) in [5, 5.41) is 7.24. The number of hydrogen-bond donors (Lipinski definition) is 1. The van der Waals surface area contributed by atoms with Crippen molar-refractivity contribution in [3.8, 4) is 11.4 Å². The van der Waals surface area contributed by atoms with Gasteiger partial charge in [-0.3, -0.25) is 9.59 Å². The Morgan fingerprint density at radius 1 is 1.12 bits per heavy atom. The largest absolute Gasteiger partial charge is 0.494 e. The molecule has 0 unspecified atom stereocenters. The van der Waals surface area contributed by atoms with Gasteiger partial charge in [0.05, 0.1) is 24.1 Å². The predicted molar refractivity (Wildman–Crippen MR) is 122 cm³/mol. The van der Waals surface area contributed by atoms with Crippen LogP contribution in [-0.2, 0) is 0 Å². The van der Waals surface area contributed by atoms with Crippen LogP contribution in [0.1, 0.15) is 46.2 Å². The minimum atomic E-state index is -0.403. The number of rotatable bonds is 6. The predicted octanol–water partition coefficient (Wildman–Crippen LogP) is 3.75. The van der Waals surface area contributed by atoms with Gasteiger partial charge in [-0.15, -0.1) is 0 Å². The van der Waals surface area contributed by atoms with Gasteiger partial charge in [0.1, 0.15) is 17.3 Å². The molecule has 1 aliphatic heterocycles. The van der Waals surface area contributed by atoms with E-state index in [4.69, 9.17) is 4.74 Å². The molecule has 0 aliphatic carbocycles. The summed E-state index contributed by atoms with van der Waals surface area (Å²) in [6.45, 7) is 5.36. The molecular formula is C25H27FN4O3. The molecule has 8 heteroatoms. The second-order valence-corrected chi connectivity index (χ2v) is 8.00. The molecule has 0 radical (unpaired) electrons. The van der Waals surface area contributed by atoms with Crippen LogP contribution < -0.4 is 10.1 Å². The van der Waals surface area contributed by atoms with Crippen LogP contribution in [0.2, 0.25) is 0 Å². The molecule has 2 heterocycles. The minimum absolute atomic E-state index is 0.0233. The van der Waals surface area contributed by atoms with Gasteiger partial charge in [-0.05, 0) is 63.1 Å². The van der Waals surface area contributed by atoms with Gasteiger partial charge in [-0.2, -0.15) is 5.10 Å². The summed E-state index contributed by atoms with van der Waals surface area (Å²) in [7, 11) is 0. The van der Waals surface area contributed by atoms with Gasteiger partial charge in [0.2, 0.25) is 0 Å². The fraction of sp³-hybridized carbons (Fsp3) is 0.320. The van der Waals surface area contributed by atoms with Gasteiger partial charge >= 0.3 is 0 Å². The Kier molecular flexibility index (Phi) is 6.72. The second kappa shape index (κ2) is 9.85. The molecule has 2 aromatic carbocycles. The van der Waals surface area contributed by atoms with E-state index in [2.05, 4.69) is 10.4 Å². The van der Waals surface area contributed by atoms with Crippen LogP contribution >= 0.6 is 0 Å². The van der Waals surface area contributed by atoms with Crippen LogP contribution in [0.3, 0.4) is 0 Å². The molecule has 0 spiro atoms. The summed E-state index contributed by atoms with van der Waals surface area (Å²) in [5.74, 6) is 0.0699. The highest BCUT2D eigenvalue weighted by molar-refractivity contribution is 5.96. The Balaban J connectivity index is 1.34. The smallest absolute Gasteiger partial charge is 0.254 e. The Labute approximate surface area is 192 Å². The number of likely N-dealkylation sites (tertiary alicyclic amines) is 1. The van der Waals surface area contributed by atoms with Crippen molar-refractivity contribution in [2.24, 2.45) is 0 Å². The zero-order chi connectivity index (χ0) is 23.4. The normalized spacial score (nSPS) is 14.2. The summed E-state index contributed by atoms with van der Waals surface area (Å²) < 4.78 is 21.0. The summed E-state index contributed by atoms with van der Waals surface area (Å²) >= 11 is 0. The topological polar surface area (TPSA) is 76.5 Å². The first kappa shape index (κ1) is 22.5. The van der Waals surface area contributed by atoms with Gasteiger partial charge in [-0.1, -0.05) is 12.1 Å². The van der Waals surface area contributed by atoms with Crippen LogP contribution in [-0.4, -0.2) is 52.2 Å². The minimum Gasteiger partial charge on any atom is -0.494 e. The number of carbonyl (C=O) groups is 2. The van der Waals surface area contributed by atoms with Crippen molar-refractivity contribution >= 4 is 11.8 Å². The van der Waals surface area contributed by atoms with Crippen molar-refractivity contribution in [3.05, 3.63) is 77.4 Å². The van der Waals surface area contributed by atoms with Crippen LogP contribution in [0.5, 0.6) is 5.75 Å². The number of aromatic nitrogens is 2. The highest BCUT2D eigenvalue weighted by atomic mass is 19.1. The Morgan fingerprint density at radius 3 is 2.48 bits per heavy atom. The lowest BCUT2D eigenvalue weighted by Crippen LogP contribution is -2.46. The SMILES string of the molecule is CCOc1ccc(C(=O)N2CCC(NC(=O)c3cnn(-c4ccccc4F)c3C)CC2)cc1. The number of benzene rings is 2. The van der Waals surface area contributed by atoms with E-state index < -0.39 is 5.82 Å². The second-order valence-electron chi connectivity index (χ2n) is 8.00. The fourth-order valence-corrected chi connectivity index (χ4v) is 4.03. The number of hydrogen-bond acceptors (Lipinski definition) is 4. The number of para-hydroxylation sites is 1. The maximum Gasteiger partial charge on any atom is 0.254 e. The van der Waals surface area contributed by atoms with Gasteiger partial charge in [0.15, 0.2) is 0 Å². The highest BCUT2D eigenvalue weighted by Gasteiger charge is 2.26. The van der Waals surface area contributed by atoms with E-state index in [0.717, 1.165) is 5.75 Å². The Bertz CT molecular complexity index is 1130. The molecule has 3 aromatic rings. The maximum absolute atomic E-state index is 14.1. The van der Waals surface area contributed by atoms with Crippen LogP contribution in [0.25, 0.3) is 5.69 Å². The van der Waals surface area contributed by atoms with Crippen molar-refractivity contribution in [2.45, 2.75) is 32.7 Å². The van der Waals surface area contributed by atoms with E-state index in [1.807, 2.05) is 6.92 Å². The van der Waals surface area contributed by atoms with Gasteiger partial charge < -0.3 is 15.0 Å². The number of halogens is 1. The number of piperidine rings is 1. The van der Waals surface area contributed by atoms with Crippen LogP contribution in [0.15, 0.2) is 54.7 Å². The molecule has 0 saturated carbocycles. The number of nitrogens with zero attached hydrogens (tertiary/aromatic N) is 3.